The van der Waals surface area contributed by atoms with Gasteiger partial charge in [0.1, 0.15) is 5.69 Å². The molecule has 0 saturated heterocycles. The van der Waals surface area contributed by atoms with Gasteiger partial charge in [-0.25, -0.2) is 0 Å². The third kappa shape index (κ3) is 3.64. The average Bonchev–Trinajstić information content (AvgIpc) is 2.83. The molecule has 2 aromatic rings. The Kier molecular flexibility index (Phi) is 4.55. The summed E-state index contributed by atoms with van der Waals surface area (Å²) in [5.41, 5.74) is 1.50. The lowest BCUT2D eigenvalue weighted by atomic mass is 9.84. The number of carbonyl (C=O) groups excluding carboxylic acids is 1. The molecule has 1 aromatic heterocycles. The minimum absolute atomic E-state index is 0.146. The van der Waals surface area contributed by atoms with E-state index < -0.39 is 0 Å². The van der Waals surface area contributed by atoms with Crippen molar-refractivity contribution in [1.29, 1.82) is 0 Å². The summed E-state index contributed by atoms with van der Waals surface area (Å²) in [6, 6.07) is 9.74. The number of aromatic nitrogens is 1. The minimum atomic E-state index is -0.151. The summed E-state index contributed by atoms with van der Waals surface area (Å²) in [6.45, 7) is 4.74. The molecule has 0 aliphatic heterocycles. The fourth-order valence-corrected chi connectivity index (χ4v) is 2.33. The van der Waals surface area contributed by atoms with E-state index in [1.54, 1.807) is 12.3 Å². The van der Waals surface area contributed by atoms with Gasteiger partial charge in [0.2, 0.25) is 0 Å². The van der Waals surface area contributed by atoms with Crippen molar-refractivity contribution in [3.63, 3.8) is 0 Å². The maximum absolute atomic E-state index is 12.0. The molecule has 106 valence electrons. The van der Waals surface area contributed by atoms with Gasteiger partial charge in [0.15, 0.2) is 0 Å². The van der Waals surface area contributed by atoms with Gasteiger partial charge in [0.25, 0.3) is 5.91 Å². The van der Waals surface area contributed by atoms with Crippen LogP contribution in [0.15, 0.2) is 41.0 Å². The Labute approximate surface area is 131 Å². The number of aromatic amines is 1. The summed E-state index contributed by atoms with van der Waals surface area (Å²) in [4.78, 5) is 14.8. The average molecular weight is 356 g/mol. The molecule has 2 rings (SSSR count). The fraction of sp³-hybridized carbons (Fsp3) is 0.267. The Hall–Kier alpha value is -1.26. The number of rotatable bonds is 4. The molecule has 0 radical (unpaired) electrons. The second-order valence-corrected chi connectivity index (χ2v) is 6.66. The van der Waals surface area contributed by atoms with Crippen LogP contribution in [0.3, 0.4) is 0 Å². The van der Waals surface area contributed by atoms with Crippen LogP contribution < -0.4 is 5.32 Å². The maximum Gasteiger partial charge on any atom is 0.267 e. The molecule has 20 heavy (non-hydrogen) atoms. The Balaban J connectivity index is 2.02. The van der Waals surface area contributed by atoms with Gasteiger partial charge in [0, 0.05) is 22.6 Å². The Morgan fingerprint density at radius 1 is 1.35 bits per heavy atom. The fourth-order valence-electron chi connectivity index (χ4n) is 1.90. The normalized spacial score (nSPS) is 11.4. The van der Waals surface area contributed by atoms with E-state index in [1.165, 1.54) is 5.56 Å². The van der Waals surface area contributed by atoms with Gasteiger partial charge >= 0.3 is 0 Å². The monoisotopic (exact) mass is 354 g/mol. The molecule has 2 N–H and O–H groups in total. The standard InChI is InChI=1S/C15H16BrClN2O/c1-15(2,10-3-5-11(16)6-4-10)9-19-14(20)13-7-12(17)8-18-13/h3-8,18H,9H2,1-2H3,(H,19,20). The van der Waals surface area contributed by atoms with E-state index in [1.807, 2.05) is 12.1 Å². The first-order valence-corrected chi connectivity index (χ1v) is 7.44. The van der Waals surface area contributed by atoms with Crippen molar-refractivity contribution >= 4 is 33.4 Å². The number of halogens is 2. The molecule has 1 heterocycles. The van der Waals surface area contributed by atoms with Gasteiger partial charge < -0.3 is 10.3 Å². The summed E-state index contributed by atoms with van der Waals surface area (Å²) in [7, 11) is 0. The van der Waals surface area contributed by atoms with E-state index in [-0.39, 0.29) is 11.3 Å². The van der Waals surface area contributed by atoms with Crippen LogP contribution in [0.5, 0.6) is 0 Å². The van der Waals surface area contributed by atoms with Crippen LogP contribution >= 0.6 is 27.5 Å². The molecule has 3 nitrogen and oxygen atoms in total. The van der Waals surface area contributed by atoms with Crippen LogP contribution in [-0.2, 0) is 5.41 Å². The number of benzene rings is 1. The van der Waals surface area contributed by atoms with Crippen molar-refractivity contribution < 1.29 is 4.79 Å². The molecule has 0 saturated carbocycles. The van der Waals surface area contributed by atoms with Crippen molar-refractivity contribution in [2.24, 2.45) is 0 Å². The van der Waals surface area contributed by atoms with Crippen LogP contribution in [0.4, 0.5) is 0 Å². The number of H-pyrrole nitrogens is 1. The van der Waals surface area contributed by atoms with E-state index in [9.17, 15) is 4.79 Å². The summed E-state index contributed by atoms with van der Waals surface area (Å²) in [6.07, 6.45) is 1.59. The zero-order chi connectivity index (χ0) is 14.8. The number of hydrogen-bond donors (Lipinski definition) is 2. The van der Waals surface area contributed by atoms with Crippen LogP contribution in [0.25, 0.3) is 0 Å². The molecule has 1 amide bonds. The van der Waals surface area contributed by atoms with Gasteiger partial charge in [-0.15, -0.1) is 0 Å². The number of amides is 1. The highest BCUT2D eigenvalue weighted by Gasteiger charge is 2.22. The lowest BCUT2D eigenvalue weighted by Crippen LogP contribution is -2.36. The Morgan fingerprint density at radius 2 is 2.00 bits per heavy atom. The SMILES string of the molecule is CC(C)(CNC(=O)c1cc(Cl)c[nH]1)c1ccc(Br)cc1. The molecule has 0 atom stereocenters. The number of hydrogen-bond acceptors (Lipinski definition) is 1. The topological polar surface area (TPSA) is 44.9 Å². The summed E-state index contributed by atoms with van der Waals surface area (Å²) < 4.78 is 1.04. The first kappa shape index (κ1) is 15.1. The highest BCUT2D eigenvalue weighted by atomic mass is 79.9. The molecule has 0 unspecified atom stereocenters. The molecule has 1 aromatic carbocycles. The molecule has 0 fully saturated rings. The first-order valence-electron chi connectivity index (χ1n) is 6.27. The van der Waals surface area contributed by atoms with Crippen LogP contribution in [-0.4, -0.2) is 17.4 Å². The van der Waals surface area contributed by atoms with Crippen molar-refractivity contribution in [1.82, 2.24) is 10.3 Å². The lowest BCUT2D eigenvalue weighted by molar-refractivity contribution is 0.0941. The molecular weight excluding hydrogens is 340 g/mol. The molecule has 0 bridgehead atoms. The van der Waals surface area contributed by atoms with E-state index in [2.05, 4.69) is 52.2 Å². The molecule has 0 aliphatic carbocycles. The van der Waals surface area contributed by atoms with Crippen molar-refractivity contribution in [3.8, 4) is 0 Å². The predicted molar refractivity (Wildman–Crippen MR) is 85.3 cm³/mol. The Morgan fingerprint density at radius 3 is 2.55 bits per heavy atom. The number of nitrogens with one attached hydrogen (secondary N) is 2. The van der Waals surface area contributed by atoms with E-state index in [4.69, 9.17) is 11.6 Å². The summed E-state index contributed by atoms with van der Waals surface area (Å²) in [5.74, 6) is -0.151. The van der Waals surface area contributed by atoms with Crippen molar-refractivity contribution in [2.45, 2.75) is 19.3 Å². The zero-order valence-electron chi connectivity index (χ0n) is 11.3. The van der Waals surface area contributed by atoms with E-state index in [0.717, 1.165) is 4.47 Å². The molecule has 0 aliphatic rings. The Bertz CT molecular complexity index is 605. The van der Waals surface area contributed by atoms with Crippen LogP contribution in [0.1, 0.15) is 29.9 Å². The largest absolute Gasteiger partial charge is 0.356 e. The van der Waals surface area contributed by atoms with Gasteiger partial charge in [0.05, 0.1) is 5.02 Å². The van der Waals surface area contributed by atoms with Crippen molar-refractivity contribution in [3.05, 3.63) is 57.3 Å². The molecule has 0 spiro atoms. The molecular formula is C15H16BrClN2O. The summed E-state index contributed by atoms with van der Waals surface area (Å²) >= 11 is 9.21. The van der Waals surface area contributed by atoms with E-state index in [0.29, 0.717) is 17.3 Å². The van der Waals surface area contributed by atoms with Gasteiger partial charge in [-0.3, -0.25) is 4.79 Å². The lowest BCUT2D eigenvalue weighted by Gasteiger charge is -2.25. The van der Waals surface area contributed by atoms with Crippen molar-refractivity contribution in [2.75, 3.05) is 6.54 Å². The zero-order valence-corrected chi connectivity index (χ0v) is 13.7. The third-order valence-corrected chi connectivity index (χ3v) is 3.96. The van der Waals surface area contributed by atoms with Gasteiger partial charge in [-0.2, -0.15) is 0 Å². The second-order valence-electron chi connectivity index (χ2n) is 5.31. The quantitative estimate of drug-likeness (QED) is 0.850. The van der Waals surface area contributed by atoms with Gasteiger partial charge in [-0.1, -0.05) is 53.5 Å². The predicted octanol–water partition coefficient (Wildman–Crippen LogP) is 4.14. The maximum atomic E-state index is 12.0. The molecule has 5 heteroatoms. The van der Waals surface area contributed by atoms with Crippen LogP contribution in [0.2, 0.25) is 5.02 Å². The van der Waals surface area contributed by atoms with Gasteiger partial charge in [-0.05, 0) is 23.8 Å². The first-order chi connectivity index (χ1) is 9.38. The minimum Gasteiger partial charge on any atom is -0.356 e. The highest BCUT2D eigenvalue weighted by molar-refractivity contribution is 9.10. The number of carbonyl (C=O) groups is 1. The smallest absolute Gasteiger partial charge is 0.267 e. The third-order valence-electron chi connectivity index (χ3n) is 3.21. The summed E-state index contributed by atoms with van der Waals surface area (Å²) in [5, 5.41) is 3.46. The van der Waals surface area contributed by atoms with E-state index >= 15 is 0 Å². The highest BCUT2D eigenvalue weighted by Crippen LogP contribution is 2.24. The second kappa shape index (κ2) is 6.02. The van der Waals surface area contributed by atoms with Crippen LogP contribution in [0, 0.1) is 0 Å².